The number of halogens is 3. The lowest BCUT2D eigenvalue weighted by atomic mass is 10.1. The van der Waals surface area contributed by atoms with Crippen molar-refractivity contribution in [2.24, 2.45) is 0 Å². The second-order valence-corrected chi connectivity index (χ2v) is 3.96. The number of hydrogen-bond acceptors (Lipinski definition) is 2. The van der Waals surface area contributed by atoms with E-state index < -0.39 is 12.3 Å². The first-order valence-corrected chi connectivity index (χ1v) is 5.84. The molecule has 100 valence electrons. The standard InChI is InChI=1S/C12H19F3O2/c1-3-4-5-6-7-8-9-10(2)11(16)17-12(13,14)15/h2-9H2,1H3. The summed E-state index contributed by atoms with van der Waals surface area (Å²) in [5.41, 5.74) is -0.113. The van der Waals surface area contributed by atoms with E-state index in [-0.39, 0.29) is 12.0 Å². The molecule has 0 amide bonds. The van der Waals surface area contributed by atoms with Gasteiger partial charge in [-0.2, -0.15) is 0 Å². The predicted octanol–water partition coefficient (Wildman–Crippen LogP) is 4.36. The van der Waals surface area contributed by atoms with Gasteiger partial charge in [0, 0.05) is 5.57 Å². The number of alkyl halides is 3. The van der Waals surface area contributed by atoms with Crippen LogP contribution in [0.4, 0.5) is 13.2 Å². The molecule has 0 N–H and O–H groups in total. The Labute approximate surface area is 99.8 Å². The number of carbonyl (C=O) groups is 1. The molecule has 2 nitrogen and oxygen atoms in total. The molecule has 0 aromatic carbocycles. The van der Waals surface area contributed by atoms with Crippen LogP contribution in [0, 0.1) is 0 Å². The van der Waals surface area contributed by atoms with E-state index in [0.29, 0.717) is 6.42 Å². The van der Waals surface area contributed by atoms with Crippen LogP contribution < -0.4 is 0 Å². The van der Waals surface area contributed by atoms with E-state index in [2.05, 4.69) is 18.2 Å². The Morgan fingerprint density at radius 3 is 2.18 bits per heavy atom. The lowest BCUT2D eigenvalue weighted by Crippen LogP contribution is -2.20. The van der Waals surface area contributed by atoms with Crippen LogP contribution in [0.5, 0.6) is 0 Å². The number of rotatable bonds is 8. The van der Waals surface area contributed by atoms with Gasteiger partial charge in [-0.15, -0.1) is 13.2 Å². The summed E-state index contributed by atoms with van der Waals surface area (Å²) in [4.78, 5) is 10.9. The second kappa shape index (κ2) is 8.14. The van der Waals surface area contributed by atoms with Gasteiger partial charge in [-0.05, 0) is 12.8 Å². The highest BCUT2D eigenvalue weighted by molar-refractivity contribution is 5.87. The van der Waals surface area contributed by atoms with E-state index >= 15 is 0 Å². The second-order valence-electron chi connectivity index (χ2n) is 3.96. The van der Waals surface area contributed by atoms with E-state index in [1.54, 1.807) is 0 Å². The Bertz CT molecular complexity index is 247. The van der Waals surface area contributed by atoms with E-state index in [1.807, 2.05) is 0 Å². The summed E-state index contributed by atoms with van der Waals surface area (Å²) >= 11 is 0. The van der Waals surface area contributed by atoms with E-state index in [1.165, 1.54) is 0 Å². The molecule has 0 radical (unpaired) electrons. The van der Waals surface area contributed by atoms with Gasteiger partial charge in [-0.1, -0.05) is 45.6 Å². The molecule has 0 saturated heterocycles. The molecule has 0 spiro atoms. The smallest absolute Gasteiger partial charge is 0.369 e. The quantitative estimate of drug-likeness (QED) is 0.364. The fourth-order valence-corrected chi connectivity index (χ4v) is 1.40. The van der Waals surface area contributed by atoms with Crippen molar-refractivity contribution in [3.05, 3.63) is 12.2 Å². The largest absolute Gasteiger partial charge is 0.575 e. The first kappa shape index (κ1) is 16.0. The summed E-state index contributed by atoms with van der Waals surface area (Å²) in [5.74, 6) is -1.37. The van der Waals surface area contributed by atoms with Crippen molar-refractivity contribution < 1.29 is 22.7 Å². The van der Waals surface area contributed by atoms with Gasteiger partial charge >= 0.3 is 12.3 Å². The summed E-state index contributed by atoms with van der Waals surface area (Å²) in [5, 5.41) is 0. The topological polar surface area (TPSA) is 26.3 Å². The van der Waals surface area contributed by atoms with E-state index in [0.717, 1.165) is 32.1 Å². The molecule has 0 aliphatic rings. The van der Waals surface area contributed by atoms with Crippen molar-refractivity contribution in [1.82, 2.24) is 0 Å². The van der Waals surface area contributed by atoms with Crippen LogP contribution in [-0.2, 0) is 9.53 Å². The molecule has 0 fully saturated rings. The zero-order chi connectivity index (χ0) is 13.3. The highest BCUT2D eigenvalue weighted by atomic mass is 19.4. The van der Waals surface area contributed by atoms with Gasteiger partial charge in [-0.3, -0.25) is 0 Å². The average Bonchev–Trinajstić information content (AvgIpc) is 2.20. The average molecular weight is 252 g/mol. The molecular weight excluding hydrogens is 233 g/mol. The van der Waals surface area contributed by atoms with Gasteiger partial charge in [0.05, 0.1) is 0 Å². The molecule has 0 atom stereocenters. The molecule has 0 heterocycles. The van der Waals surface area contributed by atoms with Crippen LogP contribution in [0.3, 0.4) is 0 Å². The van der Waals surface area contributed by atoms with Gasteiger partial charge in [0.2, 0.25) is 0 Å². The summed E-state index contributed by atoms with van der Waals surface area (Å²) in [6.07, 6.45) is 1.39. The fourth-order valence-electron chi connectivity index (χ4n) is 1.40. The van der Waals surface area contributed by atoms with Gasteiger partial charge in [0.15, 0.2) is 0 Å². The van der Waals surface area contributed by atoms with Gasteiger partial charge in [0.1, 0.15) is 0 Å². The summed E-state index contributed by atoms with van der Waals surface area (Å²) in [6.45, 7) is 5.40. The molecule has 0 aliphatic heterocycles. The minimum atomic E-state index is -4.92. The van der Waals surface area contributed by atoms with Crippen molar-refractivity contribution in [2.75, 3.05) is 0 Å². The molecule has 0 unspecified atom stereocenters. The third kappa shape index (κ3) is 9.90. The zero-order valence-electron chi connectivity index (χ0n) is 10.1. The number of carbonyl (C=O) groups excluding carboxylic acids is 1. The minimum absolute atomic E-state index is 0.113. The maximum Gasteiger partial charge on any atom is 0.575 e. The van der Waals surface area contributed by atoms with Crippen LogP contribution in [0.15, 0.2) is 12.2 Å². The Balaban J connectivity index is 3.62. The van der Waals surface area contributed by atoms with E-state index in [9.17, 15) is 18.0 Å². The molecule has 0 aromatic heterocycles. The Hall–Kier alpha value is -1.00. The normalized spacial score (nSPS) is 11.3. The maximum absolute atomic E-state index is 11.7. The third-order valence-corrected chi connectivity index (χ3v) is 2.33. The van der Waals surface area contributed by atoms with Crippen molar-refractivity contribution in [3.63, 3.8) is 0 Å². The molecule has 0 aromatic rings. The summed E-state index contributed by atoms with van der Waals surface area (Å²) < 4.78 is 38.4. The van der Waals surface area contributed by atoms with Crippen LogP contribution in [-0.4, -0.2) is 12.3 Å². The van der Waals surface area contributed by atoms with Gasteiger partial charge < -0.3 is 4.74 Å². The SMILES string of the molecule is C=C(CCCCCCCC)C(=O)OC(F)(F)F. The third-order valence-electron chi connectivity index (χ3n) is 2.33. The minimum Gasteiger partial charge on any atom is -0.369 e. The number of unbranched alkanes of at least 4 members (excludes halogenated alkanes) is 5. The van der Waals surface area contributed by atoms with Crippen molar-refractivity contribution >= 4 is 5.97 Å². The Kier molecular flexibility index (Phi) is 7.66. The first-order valence-electron chi connectivity index (χ1n) is 5.84. The van der Waals surface area contributed by atoms with Gasteiger partial charge in [-0.25, -0.2) is 4.79 Å². The predicted molar refractivity (Wildman–Crippen MR) is 59.3 cm³/mol. The maximum atomic E-state index is 11.7. The molecule has 17 heavy (non-hydrogen) atoms. The molecule has 0 aliphatic carbocycles. The first-order chi connectivity index (χ1) is 7.87. The number of hydrogen-bond donors (Lipinski definition) is 0. The van der Waals surface area contributed by atoms with Crippen molar-refractivity contribution in [2.45, 2.75) is 58.2 Å². The molecular formula is C12H19F3O2. The molecule has 0 bridgehead atoms. The fraction of sp³-hybridized carbons (Fsp3) is 0.750. The summed E-state index contributed by atoms with van der Waals surface area (Å²) in [6, 6.07) is 0. The monoisotopic (exact) mass is 252 g/mol. The van der Waals surface area contributed by atoms with E-state index in [4.69, 9.17) is 0 Å². The molecule has 0 rings (SSSR count). The van der Waals surface area contributed by atoms with Gasteiger partial charge in [0.25, 0.3) is 0 Å². The zero-order valence-corrected chi connectivity index (χ0v) is 10.1. The Morgan fingerprint density at radius 2 is 1.65 bits per heavy atom. The van der Waals surface area contributed by atoms with Crippen LogP contribution in [0.25, 0.3) is 0 Å². The van der Waals surface area contributed by atoms with Crippen LogP contribution in [0.2, 0.25) is 0 Å². The van der Waals surface area contributed by atoms with Crippen LogP contribution in [0.1, 0.15) is 51.9 Å². The lowest BCUT2D eigenvalue weighted by Gasteiger charge is -2.08. The highest BCUT2D eigenvalue weighted by Gasteiger charge is 2.34. The highest BCUT2D eigenvalue weighted by Crippen LogP contribution is 2.20. The van der Waals surface area contributed by atoms with Crippen molar-refractivity contribution in [3.8, 4) is 0 Å². The number of esters is 1. The summed E-state index contributed by atoms with van der Waals surface area (Å²) in [7, 11) is 0. The molecule has 0 saturated carbocycles. The van der Waals surface area contributed by atoms with Crippen LogP contribution >= 0.6 is 0 Å². The number of ether oxygens (including phenoxy) is 1. The Morgan fingerprint density at radius 1 is 1.12 bits per heavy atom. The van der Waals surface area contributed by atoms with Crippen molar-refractivity contribution in [1.29, 1.82) is 0 Å². The molecule has 5 heteroatoms. The lowest BCUT2D eigenvalue weighted by molar-refractivity contribution is -0.303.